The van der Waals surface area contributed by atoms with Gasteiger partial charge in [-0.25, -0.2) is 4.79 Å². The van der Waals surface area contributed by atoms with Crippen LogP contribution in [0, 0.1) is 17.2 Å². The summed E-state index contributed by atoms with van der Waals surface area (Å²) in [5.74, 6) is -0.298. The number of carbonyl (C=O) groups is 2. The fourth-order valence-electron chi connectivity index (χ4n) is 3.03. The number of hydrogen-bond donors (Lipinski definition) is 2. The van der Waals surface area contributed by atoms with Gasteiger partial charge < -0.3 is 20.1 Å². The Morgan fingerprint density at radius 1 is 1.00 bits per heavy atom. The molecule has 2 unspecified atom stereocenters. The van der Waals surface area contributed by atoms with Gasteiger partial charge in [-0.05, 0) is 23.5 Å². The molecule has 0 spiro atoms. The summed E-state index contributed by atoms with van der Waals surface area (Å²) >= 11 is 0. The van der Waals surface area contributed by atoms with Crippen molar-refractivity contribution in [2.24, 2.45) is 5.92 Å². The first kappa shape index (κ1) is 24.9. The molecule has 32 heavy (non-hydrogen) atoms. The number of nitrogens with zero attached hydrogens (tertiary/aromatic N) is 1. The lowest BCUT2D eigenvalue weighted by Gasteiger charge is -2.23. The second-order valence-corrected chi connectivity index (χ2v) is 7.93. The predicted molar refractivity (Wildman–Crippen MR) is 121 cm³/mol. The van der Waals surface area contributed by atoms with Crippen molar-refractivity contribution in [1.82, 2.24) is 10.6 Å². The highest BCUT2D eigenvalue weighted by Crippen LogP contribution is 2.11. The van der Waals surface area contributed by atoms with Crippen LogP contribution in [0.2, 0.25) is 0 Å². The maximum Gasteiger partial charge on any atom is 0.408 e. The molecule has 0 bridgehead atoms. The first-order valence-corrected chi connectivity index (χ1v) is 10.7. The second kappa shape index (κ2) is 13.8. The van der Waals surface area contributed by atoms with Gasteiger partial charge in [-0.15, -0.1) is 0 Å². The van der Waals surface area contributed by atoms with Crippen molar-refractivity contribution in [2.75, 3.05) is 6.61 Å². The van der Waals surface area contributed by atoms with E-state index in [4.69, 9.17) is 14.7 Å². The monoisotopic (exact) mass is 437 g/mol. The highest BCUT2D eigenvalue weighted by atomic mass is 16.6. The van der Waals surface area contributed by atoms with E-state index in [1.54, 1.807) is 0 Å². The van der Waals surface area contributed by atoms with E-state index in [2.05, 4.69) is 16.7 Å². The third kappa shape index (κ3) is 9.63. The van der Waals surface area contributed by atoms with E-state index in [-0.39, 0.29) is 18.9 Å². The van der Waals surface area contributed by atoms with Gasteiger partial charge in [0.25, 0.3) is 5.91 Å². The molecule has 0 aromatic heterocycles. The number of alkyl carbamates (subject to hydrolysis) is 1. The number of amides is 2. The number of rotatable bonds is 12. The van der Waals surface area contributed by atoms with Crippen LogP contribution in [-0.2, 0) is 27.4 Å². The Labute approximate surface area is 189 Å². The Hall–Kier alpha value is -3.37. The van der Waals surface area contributed by atoms with Crippen LogP contribution in [0.15, 0.2) is 60.7 Å². The number of hydrogen-bond acceptors (Lipinski definition) is 5. The smallest absolute Gasteiger partial charge is 0.408 e. The quantitative estimate of drug-likeness (QED) is 0.524. The minimum atomic E-state index is -0.957. The predicted octanol–water partition coefficient (Wildman–Crippen LogP) is 3.94. The third-order valence-electron chi connectivity index (χ3n) is 4.62. The van der Waals surface area contributed by atoms with Crippen molar-refractivity contribution in [3.63, 3.8) is 0 Å². The Morgan fingerprint density at radius 3 is 2.22 bits per heavy atom. The maximum absolute atomic E-state index is 12.8. The minimum absolute atomic E-state index is 0.0924. The molecule has 0 radical (unpaired) electrons. The van der Waals surface area contributed by atoms with Gasteiger partial charge in [0.1, 0.15) is 0 Å². The molecule has 0 aliphatic rings. The van der Waals surface area contributed by atoms with Crippen molar-refractivity contribution < 1.29 is 19.1 Å². The molecule has 0 saturated carbocycles. The lowest BCUT2D eigenvalue weighted by Crippen LogP contribution is -2.46. The minimum Gasteiger partial charge on any atom is -0.436 e. The van der Waals surface area contributed by atoms with Crippen LogP contribution in [0.4, 0.5) is 4.79 Å². The first-order valence-electron chi connectivity index (χ1n) is 10.7. The lowest BCUT2D eigenvalue weighted by atomic mass is 10.0. The normalized spacial score (nSPS) is 12.4. The largest absolute Gasteiger partial charge is 0.436 e. The van der Waals surface area contributed by atoms with E-state index in [0.717, 1.165) is 11.1 Å². The van der Waals surface area contributed by atoms with Gasteiger partial charge in [0.05, 0.1) is 31.7 Å². The summed E-state index contributed by atoms with van der Waals surface area (Å²) in [7, 11) is 0. The molecule has 2 amide bonds. The van der Waals surface area contributed by atoms with Gasteiger partial charge in [-0.3, -0.25) is 4.79 Å². The molecule has 0 heterocycles. The lowest BCUT2D eigenvalue weighted by molar-refractivity contribution is -0.131. The van der Waals surface area contributed by atoms with E-state index in [9.17, 15) is 9.59 Å². The fourth-order valence-corrected chi connectivity index (χ4v) is 3.03. The van der Waals surface area contributed by atoms with Crippen molar-refractivity contribution >= 4 is 12.0 Å². The molecule has 7 nitrogen and oxygen atoms in total. The van der Waals surface area contributed by atoms with Crippen molar-refractivity contribution in [2.45, 2.75) is 52.0 Å². The van der Waals surface area contributed by atoms with E-state index < -0.39 is 24.1 Å². The van der Waals surface area contributed by atoms with Crippen LogP contribution in [0.3, 0.4) is 0 Å². The fraction of sp³-hybridized carbons (Fsp3) is 0.400. The highest BCUT2D eigenvalue weighted by Gasteiger charge is 2.26. The third-order valence-corrected chi connectivity index (χ3v) is 4.62. The van der Waals surface area contributed by atoms with Crippen LogP contribution >= 0.6 is 0 Å². The molecule has 2 N–H and O–H groups in total. The van der Waals surface area contributed by atoms with Crippen LogP contribution < -0.4 is 10.6 Å². The molecule has 2 aromatic carbocycles. The van der Waals surface area contributed by atoms with Crippen molar-refractivity contribution in [3.8, 4) is 6.07 Å². The zero-order chi connectivity index (χ0) is 23.2. The van der Waals surface area contributed by atoms with Gasteiger partial charge in [-0.1, -0.05) is 74.5 Å². The molecule has 7 heteroatoms. The Kier molecular flexibility index (Phi) is 10.8. The number of nitrogens with one attached hydrogen (secondary N) is 2. The van der Waals surface area contributed by atoms with Crippen LogP contribution in [-0.4, -0.2) is 30.8 Å². The molecule has 0 aliphatic heterocycles. The standard InChI is InChI=1S/C25H31N3O4/c1-19(2)15-23(32-25(30)27-16-20-9-5-3-6-10-20)24(29)28-22(13-14-26)18-31-17-21-11-7-4-8-12-21/h3-12,19,22-23H,13,15-18H2,1-2H3,(H,27,30)(H,28,29). The molecule has 2 rings (SSSR count). The van der Waals surface area contributed by atoms with Gasteiger partial charge in [0, 0.05) is 6.54 Å². The van der Waals surface area contributed by atoms with E-state index in [0.29, 0.717) is 19.6 Å². The van der Waals surface area contributed by atoms with E-state index in [1.165, 1.54) is 0 Å². The summed E-state index contributed by atoms with van der Waals surface area (Å²) < 4.78 is 11.1. The molecule has 0 aliphatic carbocycles. The van der Waals surface area contributed by atoms with Gasteiger partial charge in [0.2, 0.25) is 0 Å². The van der Waals surface area contributed by atoms with Crippen LogP contribution in [0.1, 0.15) is 37.8 Å². The number of nitriles is 1. The molecular weight excluding hydrogens is 406 g/mol. The summed E-state index contributed by atoms with van der Waals surface area (Å²) in [6.45, 7) is 4.76. The Bertz CT molecular complexity index is 866. The Balaban J connectivity index is 1.88. The molecule has 2 aromatic rings. The van der Waals surface area contributed by atoms with Gasteiger partial charge in [0.15, 0.2) is 6.10 Å². The maximum atomic E-state index is 12.8. The summed E-state index contributed by atoms with van der Waals surface area (Å²) in [5.41, 5.74) is 1.93. The van der Waals surface area contributed by atoms with Crippen LogP contribution in [0.25, 0.3) is 0 Å². The molecule has 0 fully saturated rings. The average molecular weight is 438 g/mol. The summed E-state index contributed by atoms with van der Waals surface area (Å²) in [6, 6.07) is 20.7. The molecule has 0 saturated heterocycles. The zero-order valence-corrected chi connectivity index (χ0v) is 18.6. The number of ether oxygens (including phenoxy) is 2. The van der Waals surface area contributed by atoms with E-state index >= 15 is 0 Å². The first-order chi connectivity index (χ1) is 15.5. The second-order valence-electron chi connectivity index (χ2n) is 7.93. The van der Waals surface area contributed by atoms with Crippen LogP contribution in [0.5, 0.6) is 0 Å². The van der Waals surface area contributed by atoms with Gasteiger partial charge in [-0.2, -0.15) is 5.26 Å². The highest BCUT2D eigenvalue weighted by molar-refractivity contribution is 5.83. The topological polar surface area (TPSA) is 100 Å². The molecule has 2 atom stereocenters. The SMILES string of the molecule is CC(C)CC(OC(=O)NCc1ccccc1)C(=O)NC(CC#N)COCc1ccccc1. The average Bonchev–Trinajstić information content (AvgIpc) is 2.78. The molecule has 170 valence electrons. The van der Waals surface area contributed by atoms with Crippen molar-refractivity contribution in [1.29, 1.82) is 5.26 Å². The zero-order valence-electron chi connectivity index (χ0n) is 18.6. The van der Waals surface area contributed by atoms with E-state index in [1.807, 2.05) is 74.5 Å². The number of carbonyl (C=O) groups excluding carboxylic acids is 2. The molecular formula is C25H31N3O4. The number of benzene rings is 2. The van der Waals surface area contributed by atoms with Crippen molar-refractivity contribution in [3.05, 3.63) is 71.8 Å². The summed E-state index contributed by atoms with van der Waals surface area (Å²) in [6.07, 6.45) is -1.16. The summed E-state index contributed by atoms with van der Waals surface area (Å²) in [5, 5.41) is 14.6. The Morgan fingerprint density at radius 2 is 1.62 bits per heavy atom. The van der Waals surface area contributed by atoms with Gasteiger partial charge >= 0.3 is 6.09 Å². The summed E-state index contributed by atoms with van der Waals surface area (Å²) in [4.78, 5) is 25.1.